The molecular weight excluding hydrogens is 343 g/mol. The summed E-state index contributed by atoms with van der Waals surface area (Å²) in [6, 6.07) is 14.1. The van der Waals surface area contributed by atoms with Crippen LogP contribution in [0.2, 0.25) is 0 Å². The maximum absolute atomic E-state index is 12.8. The van der Waals surface area contributed by atoms with Crippen molar-refractivity contribution in [2.45, 2.75) is 30.7 Å². The third-order valence-electron chi connectivity index (χ3n) is 3.67. The fraction of sp³-hybridized carbons (Fsp3) is 0.278. The Morgan fingerprint density at radius 2 is 1.72 bits per heavy atom. The van der Waals surface area contributed by atoms with Crippen molar-refractivity contribution in [3.8, 4) is 0 Å². The predicted molar refractivity (Wildman–Crippen MR) is 93.8 cm³/mol. The lowest BCUT2D eigenvalue weighted by atomic mass is 10.1. The molecular formula is C18H21FN2O3S. The molecule has 0 heterocycles. The fourth-order valence-corrected chi connectivity index (χ4v) is 3.37. The predicted octanol–water partition coefficient (Wildman–Crippen LogP) is 2.76. The Morgan fingerprint density at radius 1 is 1.08 bits per heavy atom. The molecule has 25 heavy (non-hydrogen) atoms. The average molecular weight is 364 g/mol. The standard InChI is InChI=1S/C18H21FN2O3S/c1-14(15-6-3-2-4-7-15)21-18(22)8-5-13-20-25(23,24)17-11-9-16(19)10-12-17/h2-4,6-7,9-12,14,20H,5,8,13H2,1H3,(H,21,22)/t14-/m0/s1. The van der Waals surface area contributed by atoms with Crippen LogP contribution >= 0.6 is 0 Å². The van der Waals surface area contributed by atoms with Crippen molar-refractivity contribution in [1.29, 1.82) is 0 Å². The van der Waals surface area contributed by atoms with Crippen LogP contribution in [0.1, 0.15) is 31.4 Å². The monoisotopic (exact) mass is 364 g/mol. The van der Waals surface area contributed by atoms with Crippen LogP contribution in [-0.2, 0) is 14.8 Å². The lowest BCUT2D eigenvalue weighted by Crippen LogP contribution is -2.29. The van der Waals surface area contributed by atoms with Gasteiger partial charge < -0.3 is 5.32 Å². The zero-order chi connectivity index (χ0) is 18.3. The van der Waals surface area contributed by atoms with Crippen molar-refractivity contribution in [1.82, 2.24) is 10.0 Å². The number of rotatable bonds is 8. The summed E-state index contributed by atoms with van der Waals surface area (Å²) in [4.78, 5) is 11.9. The minimum absolute atomic E-state index is 0.00366. The SMILES string of the molecule is C[C@H](NC(=O)CCCNS(=O)(=O)c1ccc(F)cc1)c1ccccc1. The van der Waals surface area contributed by atoms with Gasteiger partial charge in [-0.25, -0.2) is 17.5 Å². The van der Waals surface area contributed by atoms with Crippen LogP contribution in [-0.4, -0.2) is 20.9 Å². The van der Waals surface area contributed by atoms with Crippen molar-refractivity contribution in [3.63, 3.8) is 0 Å². The Hall–Kier alpha value is -2.25. The molecule has 0 aromatic heterocycles. The van der Waals surface area contributed by atoms with E-state index in [1.54, 1.807) is 0 Å². The number of halogens is 1. The van der Waals surface area contributed by atoms with Crippen molar-refractivity contribution in [2.75, 3.05) is 6.54 Å². The van der Waals surface area contributed by atoms with E-state index in [0.29, 0.717) is 6.42 Å². The van der Waals surface area contributed by atoms with Crippen LogP contribution in [0.3, 0.4) is 0 Å². The van der Waals surface area contributed by atoms with Gasteiger partial charge in [-0.15, -0.1) is 0 Å². The molecule has 0 radical (unpaired) electrons. The lowest BCUT2D eigenvalue weighted by molar-refractivity contribution is -0.121. The second-order valence-electron chi connectivity index (χ2n) is 5.66. The summed E-state index contributed by atoms with van der Waals surface area (Å²) in [5.41, 5.74) is 1.01. The molecule has 2 N–H and O–H groups in total. The first-order valence-corrected chi connectivity index (χ1v) is 9.46. The molecule has 2 aromatic rings. The summed E-state index contributed by atoms with van der Waals surface area (Å²) in [6.07, 6.45) is 0.580. The Labute approximate surface area is 147 Å². The first-order chi connectivity index (χ1) is 11.9. The molecule has 134 valence electrons. The van der Waals surface area contributed by atoms with E-state index < -0.39 is 15.8 Å². The van der Waals surface area contributed by atoms with Crippen LogP contribution in [0.5, 0.6) is 0 Å². The van der Waals surface area contributed by atoms with Crippen LogP contribution in [0, 0.1) is 5.82 Å². The van der Waals surface area contributed by atoms with Crippen molar-refractivity contribution < 1.29 is 17.6 Å². The summed E-state index contributed by atoms with van der Waals surface area (Å²) in [6.45, 7) is 2.03. The topological polar surface area (TPSA) is 75.3 Å². The second-order valence-corrected chi connectivity index (χ2v) is 7.42. The first-order valence-electron chi connectivity index (χ1n) is 7.98. The quantitative estimate of drug-likeness (QED) is 0.707. The summed E-state index contributed by atoms with van der Waals surface area (Å²) in [7, 11) is -3.69. The maximum atomic E-state index is 12.8. The average Bonchev–Trinajstić information content (AvgIpc) is 2.60. The number of carbonyl (C=O) groups is 1. The van der Waals surface area contributed by atoms with Gasteiger partial charge in [-0.1, -0.05) is 30.3 Å². The van der Waals surface area contributed by atoms with Gasteiger partial charge in [-0.05, 0) is 43.2 Å². The molecule has 0 unspecified atom stereocenters. The highest BCUT2D eigenvalue weighted by Crippen LogP contribution is 2.12. The Kier molecular flexibility index (Phi) is 6.66. The molecule has 0 aliphatic rings. The number of hydrogen-bond acceptors (Lipinski definition) is 3. The molecule has 1 atom stereocenters. The molecule has 7 heteroatoms. The molecule has 5 nitrogen and oxygen atoms in total. The van der Waals surface area contributed by atoms with Crippen molar-refractivity contribution in [2.24, 2.45) is 0 Å². The van der Waals surface area contributed by atoms with Gasteiger partial charge in [0.25, 0.3) is 0 Å². The number of hydrogen-bond donors (Lipinski definition) is 2. The number of amides is 1. The van der Waals surface area contributed by atoms with Gasteiger partial charge in [0.2, 0.25) is 15.9 Å². The Balaban J connectivity index is 1.75. The summed E-state index contributed by atoms with van der Waals surface area (Å²) in [5, 5.41) is 2.87. The molecule has 0 saturated carbocycles. The maximum Gasteiger partial charge on any atom is 0.240 e. The molecule has 0 saturated heterocycles. The molecule has 2 rings (SSSR count). The molecule has 1 amide bonds. The minimum atomic E-state index is -3.69. The highest BCUT2D eigenvalue weighted by molar-refractivity contribution is 7.89. The van der Waals surface area contributed by atoms with E-state index in [2.05, 4.69) is 10.0 Å². The third kappa shape index (κ3) is 5.95. The van der Waals surface area contributed by atoms with Gasteiger partial charge in [0.05, 0.1) is 10.9 Å². The Morgan fingerprint density at radius 3 is 2.36 bits per heavy atom. The van der Waals surface area contributed by atoms with Crippen LogP contribution in [0.25, 0.3) is 0 Å². The molecule has 2 aromatic carbocycles. The fourth-order valence-electron chi connectivity index (χ4n) is 2.29. The third-order valence-corrected chi connectivity index (χ3v) is 5.15. The van der Waals surface area contributed by atoms with Gasteiger partial charge >= 0.3 is 0 Å². The van der Waals surface area contributed by atoms with Gasteiger partial charge in [0.1, 0.15) is 5.82 Å². The molecule has 0 aliphatic carbocycles. The largest absolute Gasteiger partial charge is 0.350 e. The van der Waals surface area contributed by atoms with E-state index >= 15 is 0 Å². The second kappa shape index (κ2) is 8.73. The highest BCUT2D eigenvalue weighted by Gasteiger charge is 2.14. The molecule has 0 bridgehead atoms. The molecule has 0 aliphatic heterocycles. The van der Waals surface area contributed by atoms with E-state index in [1.807, 2.05) is 37.3 Å². The Bertz CT molecular complexity index is 793. The van der Waals surface area contributed by atoms with E-state index in [-0.39, 0.29) is 29.8 Å². The van der Waals surface area contributed by atoms with Gasteiger partial charge in [-0.3, -0.25) is 4.79 Å². The first kappa shape index (κ1) is 19.1. The van der Waals surface area contributed by atoms with Gasteiger partial charge in [0.15, 0.2) is 0 Å². The zero-order valence-electron chi connectivity index (χ0n) is 13.9. The zero-order valence-corrected chi connectivity index (χ0v) is 14.7. The number of nitrogens with one attached hydrogen (secondary N) is 2. The van der Waals surface area contributed by atoms with Crippen LogP contribution < -0.4 is 10.0 Å². The number of carbonyl (C=O) groups excluding carboxylic acids is 1. The van der Waals surface area contributed by atoms with Crippen LogP contribution in [0.15, 0.2) is 59.5 Å². The van der Waals surface area contributed by atoms with E-state index in [4.69, 9.17) is 0 Å². The highest BCUT2D eigenvalue weighted by atomic mass is 32.2. The summed E-state index contributed by atoms with van der Waals surface area (Å²) in [5.74, 6) is -0.638. The van der Waals surface area contributed by atoms with Crippen molar-refractivity contribution in [3.05, 3.63) is 66.0 Å². The number of sulfonamides is 1. The van der Waals surface area contributed by atoms with E-state index in [0.717, 1.165) is 17.7 Å². The summed E-state index contributed by atoms with van der Waals surface area (Å²) >= 11 is 0. The van der Waals surface area contributed by atoms with E-state index in [1.165, 1.54) is 12.1 Å². The molecule has 0 fully saturated rings. The van der Waals surface area contributed by atoms with Crippen LogP contribution in [0.4, 0.5) is 4.39 Å². The molecule has 0 spiro atoms. The van der Waals surface area contributed by atoms with Crippen molar-refractivity contribution >= 4 is 15.9 Å². The van der Waals surface area contributed by atoms with E-state index in [9.17, 15) is 17.6 Å². The number of benzene rings is 2. The smallest absolute Gasteiger partial charge is 0.240 e. The van der Waals surface area contributed by atoms with Gasteiger partial charge in [-0.2, -0.15) is 0 Å². The normalized spacial score (nSPS) is 12.6. The lowest BCUT2D eigenvalue weighted by Gasteiger charge is -2.14. The summed E-state index contributed by atoms with van der Waals surface area (Å²) < 4.78 is 39.3. The minimum Gasteiger partial charge on any atom is -0.350 e. The van der Waals surface area contributed by atoms with Gasteiger partial charge in [0, 0.05) is 13.0 Å².